The van der Waals surface area contributed by atoms with Crippen LogP contribution in [0.2, 0.25) is 0 Å². The summed E-state index contributed by atoms with van der Waals surface area (Å²) in [7, 11) is 0. The molecule has 1 rings (SSSR count). The molecule has 0 heterocycles. The maximum absolute atomic E-state index is 11.9. The molecular formula is C11H21N3O2. The van der Waals surface area contributed by atoms with Crippen LogP contribution in [0.25, 0.3) is 0 Å². The van der Waals surface area contributed by atoms with Crippen LogP contribution >= 0.6 is 0 Å². The highest BCUT2D eigenvalue weighted by Gasteiger charge is 2.27. The summed E-state index contributed by atoms with van der Waals surface area (Å²) in [5.74, 6) is -0.453. The molecule has 3 amide bonds. The third-order valence-electron chi connectivity index (χ3n) is 2.76. The Hall–Kier alpha value is -1.26. The molecule has 5 heteroatoms. The van der Waals surface area contributed by atoms with Crippen LogP contribution < -0.4 is 11.1 Å². The molecule has 3 N–H and O–H groups in total. The van der Waals surface area contributed by atoms with E-state index in [0.29, 0.717) is 0 Å². The molecule has 0 spiro atoms. The minimum Gasteiger partial charge on any atom is -0.368 e. The quantitative estimate of drug-likeness (QED) is 0.746. The molecule has 0 aromatic heterocycles. The van der Waals surface area contributed by atoms with Crippen LogP contribution in [-0.4, -0.2) is 35.5 Å². The highest BCUT2D eigenvalue weighted by Crippen LogP contribution is 2.23. The van der Waals surface area contributed by atoms with E-state index < -0.39 is 5.91 Å². The Balaban J connectivity index is 2.61. The smallest absolute Gasteiger partial charge is 0.318 e. The van der Waals surface area contributed by atoms with Crippen molar-refractivity contribution in [1.82, 2.24) is 10.2 Å². The number of primary amides is 1. The molecule has 0 radical (unpaired) electrons. The minimum absolute atomic E-state index is 0.0171. The number of carbonyl (C=O) groups excluding carboxylic acids is 2. The Morgan fingerprint density at radius 2 is 1.94 bits per heavy atom. The van der Waals surface area contributed by atoms with Crippen molar-refractivity contribution in [2.45, 2.75) is 51.6 Å². The zero-order valence-electron chi connectivity index (χ0n) is 10.0. The molecule has 1 aliphatic carbocycles. The van der Waals surface area contributed by atoms with E-state index in [1.54, 1.807) is 4.90 Å². The maximum atomic E-state index is 11.9. The maximum Gasteiger partial charge on any atom is 0.318 e. The summed E-state index contributed by atoms with van der Waals surface area (Å²) in [6.07, 6.45) is 4.18. The number of nitrogens with two attached hydrogens (primary N) is 1. The van der Waals surface area contributed by atoms with Crippen molar-refractivity contribution in [1.29, 1.82) is 0 Å². The largest absolute Gasteiger partial charge is 0.368 e. The summed E-state index contributed by atoms with van der Waals surface area (Å²) in [4.78, 5) is 24.4. The van der Waals surface area contributed by atoms with Crippen LogP contribution in [-0.2, 0) is 4.79 Å². The summed E-state index contributed by atoms with van der Waals surface area (Å²) < 4.78 is 0. The van der Waals surface area contributed by atoms with Crippen LogP contribution in [0.15, 0.2) is 0 Å². The van der Waals surface area contributed by atoms with Crippen molar-refractivity contribution < 1.29 is 9.59 Å². The van der Waals surface area contributed by atoms with Gasteiger partial charge in [0.25, 0.3) is 0 Å². The predicted molar refractivity (Wildman–Crippen MR) is 61.8 cm³/mol. The van der Waals surface area contributed by atoms with Gasteiger partial charge in [0.15, 0.2) is 0 Å². The molecule has 1 saturated carbocycles. The SMILES string of the molecule is CC(C)NC(=O)N(CC(N)=O)C1CCCC1. The van der Waals surface area contributed by atoms with E-state index in [0.717, 1.165) is 25.7 Å². The van der Waals surface area contributed by atoms with E-state index in [4.69, 9.17) is 5.73 Å². The molecule has 1 fully saturated rings. The summed E-state index contributed by atoms with van der Waals surface area (Å²) in [5, 5.41) is 2.80. The zero-order valence-corrected chi connectivity index (χ0v) is 10.0. The second-order valence-electron chi connectivity index (χ2n) is 4.64. The van der Waals surface area contributed by atoms with Crippen LogP contribution in [0, 0.1) is 0 Å². The normalized spacial score (nSPS) is 16.4. The molecular weight excluding hydrogens is 206 g/mol. The zero-order chi connectivity index (χ0) is 12.1. The molecule has 1 aliphatic rings. The van der Waals surface area contributed by atoms with E-state index in [9.17, 15) is 9.59 Å². The van der Waals surface area contributed by atoms with Crippen molar-refractivity contribution in [3.63, 3.8) is 0 Å². The molecule has 92 valence electrons. The number of amides is 3. The molecule has 0 aromatic carbocycles. The number of urea groups is 1. The van der Waals surface area contributed by atoms with Gasteiger partial charge in [0, 0.05) is 12.1 Å². The molecule has 0 saturated heterocycles. The lowest BCUT2D eigenvalue weighted by molar-refractivity contribution is -0.119. The summed E-state index contributed by atoms with van der Waals surface area (Å²) >= 11 is 0. The van der Waals surface area contributed by atoms with Gasteiger partial charge in [0.05, 0.1) is 0 Å². The highest BCUT2D eigenvalue weighted by atomic mass is 16.2. The first-order valence-corrected chi connectivity index (χ1v) is 5.86. The van der Waals surface area contributed by atoms with Gasteiger partial charge in [-0.25, -0.2) is 4.79 Å². The van der Waals surface area contributed by atoms with Gasteiger partial charge in [-0.05, 0) is 26.7 Å². The lowest BCUT2D eigenvalue weighted by Gasteiger charge is -2.28. The highest BCUT2D eigenvalue weighted by molar-refractivity contribution is 5.83. The summed E-state index contributed by atoms with van der Waals surface area (Å²) in [5.41, 5.74) is 5.17. The van der Waals surface area contributed by atoms with Gasteiger partial charge < -0.3 is 16.0 Å². The first kappa shape index (κ1) is 12.8. The summed E-state index contributed by atoms with van der Waals surface area (Å²) in [6, 6.07) is 0.0660. The number of carbonyl (C=O) groups is 2. The Kier molecular flexibility index (Phi) is 4.58. The molecule has 0 atom stereocenters. The Bertz CT molecular complexity index is 260. The number of nitrogens with zero attached hydrogens (tertiary/aromatic N) is 1. The lowest BCUT2D eigenvalue weighted by atomic mass is 10.2. The molecule has 16 heavy (non-hydrogen) atoms. The molecule has 0 bridgehead atoms. The molecule has 0 aromatic rings. The third kappa shape index (κ3) is 3.72. The fourth-order valence-electron chi connectivity index (χ4n) is 2.08. The van der Waals surface area contributed by atoms with Gasteiger partial charge >= 0.3 is 6.03 Å². The van der Waals surface area contributed by atoms with E-state index in [-0.39, 0.29) is 24.7 Å². The average molecular weight is 227 g/mol. The monoisotopic (exact) mass is 227 g/mol. The van der Waals surface area contributed by atoms with Gasteiger partial charge in [0.1, 0.15) is 6.54 Å². The standard InChI is InChI=1S/C11H21N3O2/c1-8(2)13-11(16)14(7-10(12)15)9-5-3-4-6-9/h8-9H,3-7H2,1-2H3,(H2,12,15)(H,13,16). The number of rotatable bonds is 4. The van der Waals surface area contributed by atoms with E-state index >= 15 is 0 Å². The van der Waals surface area contributed by atoms with Crippen molar-refractivity contribution in [3.8, 4) is 0 Å². The first-order valence-electron chi connectivity index (χ1n) is 5.86. The number of hydrogen-bond donors (Lipinski definition) is 2. The average Bonchev–Trinajstić information content (AvgIpc) is 2.64. The molecule has 5 nitrogen and oxygen atoms in total. The number of hydrogen-bond acceptors (Lipinski definition) is 2. The van der Waals surface area contributed by atoms with Gasteiger partial charge in [-0.2, -0.15) is 0 Å². The third-order valence-corrected chi connectivity index (χ3v) is 2.76. The van der Waals surface area contributed by atoms with Gasteiger partial charge in [0.2, 0.25) is 5.91 Å². The second kappa shape index (κ2) is 5.72. The van der Waals surface area contributed by atoms with Crippen LogP contribution in [0.4, 0.5) is 4.79 Å². The lowest BCUT2D eigenvalue weighted by Crippen LogP contribution is -2.50. The van der Waals surface area contributed by atoms with Crippen molar-refractivity contribution in [2.75, 3.05) is 6.54 Å². The predicted octanol–water partition coefficient (Wildman–Crippen LogP) is 0.834. The van der Waals surface area contributed by atoms with Gasteiger partial charge in [-0.15, -0.1) is 0 Å². The van der Waals surface area contributed by atoms with Crippen LogP contribution in [0.5, 0.6) is 0 Å². The second-order valence-corrected chi connectivity index (χ2v) is 4.64. The molecule has 0 aliphatic heterocycles. The topological polar surface area (TPSA) is 75.4 Å². The van der Waals surface area contributed by atoms with Gasteiger partial charge in [-0.3, -0.25) is 4.79 Å². The van der Waals surface area contributed by atoms with Crippen molar-refractivity contribution >= 4 is 11.9 Å². The number of nitrogens with one attached hydrogen (secondary N) is 1. The van der Waals surface area contributed by atoms with Crippen LogP contribution in [0.3, 0.4) is 0 Å². The van der Waals surface area contributed by atoms with E-state index in [2.05, 4.69) is 5.32 Å². The minimum atomic E-state index is -0.453. The van der Waals surface area contributed by atoms with Crippen molar-refractivity contribution in [3.05, 3.63) is 0 Å². The van der Waals surface area contributed by atoms with Crippen LogP contribution in [0.1, 0.15) is 39.5 Å². The first-order chi connectivity index (χ1) is 7.50. The Morgan fingerprint density at radius 1 is 1.38 bits per heavy atom. The fraction of sp³-hybridized carbons (Fsp3) is 0.818. The van der Waals surface area contributed by atoms with Gasteiger partial charge in [-0.1, -0.05) is 12.8 Å². The Morgan fingerprint density at radius 3 is 2.38 bits per heavy atom. The molecule has 0 unspecified atom stereocenters. The Labute approximate surface area is 96.4 Å². The van der Waals surface area contributed by atoms with Crippen molar-refractivity contribution in [2.24, 2.45) is 5.73 Å². The summed E-state index contributed by atoms with van der Waals surface area (Å²) in [6.45, 7) is 3.81. The van der Waals surface area contributed by atoms with E-state index in [1.165, 1.54) is 0 Å². The fourth-order valence-corrected chi connectivity index (χ4v) is 2.08. The van der Waals surface area contributed by atoms with E-state index in [1.807, 2.05) is 13.8 Å².